The summed E-state index contributed by atoms with van der Waals surface area (Å²) in [4.78, 5) is 26.6. The maximum atomic E-state index is 13.4. The molecule has 2 N–H and O–H groups in total. The molecule has 8 nitrogen and oxygen atoms in total. The molecule has 0 spiro atoms. The van der Waals surface area contributed by atoms with Gasteiger partial charge in [0.25, 0.3) is 21.8 Å². The predicted octanol–water partition coefficient (Wildman–Crippen LogP) is 2.72. The molecule has 3 aromatic rings. The van der Waals surface area contributed by atoms with Gasteiger partial charge in [0.2, 0.25) is 0 Å². The van der Waals surface area contributed by atoms with Crippen molar-refractivity contribution in [3.8, 4) is 5.75 Å². The quantitative estimate of drug-likeness (QED) is 0.621. The van der Waals surface area contributed by atoms with Crippen molar-refractivity contribution in [2.45, 2.75) is 23.8 Å². The Morgan fingerprint density at radius 2 is 1.59 bits per heavy atom. The summed E-state index contributed by atoms with van der Waals surface area (Å²) in [6.07, 6.45) is 0.602. The number of sulfonamides is 1. The van der Waals surface area contributed by atoms with E-state index < -0.39 is 22.0 Å². The number of para-hydroxylation sites is 3. The van der Waals surface area contributed by atoms with E-state index in [4.69, 9.17) is 10.5 Å². The van der Waals surface area contributed by atoms with Gasteiger partial charge in [-0.25, -0.2) is 8.42 Å². The lowest BCUT2D eigenvalue weighted by Crippen LogP contribution is -2.49. The van der Waals surface area contributed by atoms with Crippen molar-refractivity contribution in [3.05, 3.63) is 83.9 Å². The predicted molar refractivity (Wildman–Crippen MR) is 127 cm³/mol. The number of anilines is 2. The Kier molecular flexibility index (Phi) is 5.49. The molecule has 1 atom stereocenters. The van der Waals surface area contributed by atoms with Crippen LogP contribution in [0.4, 0.5) is 11.4 Å². The summed E-state index contributed by atoms with van der Waals surface area (Å²) in [6, 6.07) is 20.2. The number of carbonyl (C=O) groups is 2. The van der Waals surface area contributed by atoms with Crippen LogP contribution in [0, 0.1) is 0 Å². The number of rotatable bonds is 4. The molecule has 2 aliphatic rings. The lowest BCUT2D eigenvalue weighted by molar-refractivity contribution is -0.124. The summed E-state index contributed by atoms with van der Waals surface area (Å²) in [5.41, 5.74) is 7.92. The lowest BCUT2D eigenvalue weighted by atomic mass is 10.0. The zero-order chi connectivity index (χ0) is 23.9. The van der Waals surface area contributed by atoms with Crippen LogP contribution in [0.5, 0.6) is 5.75 Å². The highest BCUT2D eigenvalue weighted by atomic mass is 32.2. The zero-order valence-corrected chi connectivity index (χ0v) is 19.1. The van der Waals surface area contributed by atoms with Gasteiger partial charge in [-0.15, -0.1) is 0 Å². The molecule has 0 aromatic heterocycles. The minimum absolute atomic E-state index is 0.0320. The molecule has 1 unspecified atom stereocenters. The van der Waals surface area contributed by atoms with Crippen molar-refractivity contribution < 1.29 is 22.7 Å². The first-order valence-electron chi connectivity index (χ1n) is 10.9. The smallest absolute Gasteiger partial charge is 0.264 e. The molecule has 2 aliphatic heterocycles. The highest BCUT2D eigenvalue weighted by Crippen LogP contribution is 2.35. The van der Waals surface area contributed by atoms with Crippen LogP contribution < -0.4 is 19.7 Å². The van der Waals surface area contributed by atoms with E-state index in [9.17, 15) is 18.0 Å². The molecule has 0 radical (unpaired) electrons. The van der Waals surface area contributed by atoms with Gasteiger partial charge in [-0.05, 0) is 60.9 Å². The van der Waals surface area contributed by atoms with E-state index in [0.717, 1.165) is 18.4 Å². The third kappa shape index (κ3) is 3.77. The van der Waals surface area contributed by atoms with Crippen molar-refractivity contribution in [1.82, 2.24) is 0 Å². The average molecular weight is 478 g/mol. The third-order valence-corrected chi connectivity index (χ3v) is 7.92. The Hall–Kier alpha value is -3.85. The number of benzene rings is 3. The molecule has 9 heteroatoms. The van der Waals surface area contributed by atoms with E-state index in [1.54, 1.807) is 24.3 Å². The molecule has 0 bridgehead atoms. The second-order valence-corrected chi connectivity index (χ2v) is 10.1. The first-order valence-corrected chi connectivity index (χ1v) is 12.4. The molecule has 3 aromatic carbocycles. The van der Waals surface area contributed by atoms with Crippen molar-refractivity contribution in [1.29, 1.82) is 0 Å². The molecule has 174 valence electrons. The van der Waals surface area contributed by atoms with Crippen molar-refractivity contribution >= 4 is 33.2 Å². The Bertz CT molecular complexity index is 1370. The fourth-order valence-electron chi connectivity index (χ4n) is 4.38. The average Bonchev–Trinajstić information content (AvgIpc) is 2.87. The summed E-state index contributed by atoms with van der Waals surface area (Å²) in [5, 5.41) is 0. The van der Waals surface area contributed by atoms with Crippen molar-refractivity contribution in [3.63, 3.8) is 0 Å². The standard InChI is InChI=1S/C25H23N3O5S/c26-24(29)23-16-27(21-9-3-4-10-22(21)33-23)25(30)18-11-13-19(14-12-18)34(31,32)28-15-5-7-17-6-1-2-8-20(17)28/h1-4,6,8-14,23H,5,7,15-16H2,(H2,26,29). The number of hydrogen-bond donors (Lipinski definition) is 1. The molecule has 0 saturated heterocycles. The van der Waals surface area contributed by atoms with Crippen LogP contribution in [0.2, 0.25) is 0 Å². The minimum atomic E-state index is -3.78. The highest BCUT2D eigenvalue weighted by molar-refractivity contribution is 7.92. The molecule has 0 aliphatic carbocycles. The SMILES string of the molecule is NC(=O)C1CN(C(=O)c2ccc(S(=O)(=O)N3CCCc4ccccc43)cc2)c2ccccc2O1. The second-order valence-electron chi connectivity index (χ2n) is 8.23. The van der Waals surface area contributed by atoms with Crippen LogP contribution in [0.15, 0.2) is 77.7 Å². The fourth-order valence-corrected chi connectivity index (χ4v) is 5.92. The number of aryl methyl sites for hydroxylation is 1. The summed E-state index contributed by atoms with van der Waals surface area (Å²) in [7, 11) is -3.78. The Balaban J connectivity index is 1.44. The first-order chi connectivity index (χ1) is 16.4. The molecule has 2 heterocycles. The maximum absolute atomic E-state index is 13.4. The first kappa shape index (κ1) is 22.0. The second kappa shape index (κ2) is 8.49. The van der Waals surface area contributed by atoms with Crippen LogP contribution in [0.1, 0.15) is 22.3 Å². The molecule has 34 heavy (non-hydrogen) atoms. The molecule has 0 fully saturated rings. The number of amides is 2. The molecule has 0 saturated carbocycles. The van der Waals surface area contributed by atoms with Crippen LogP contribution >= 0.6 is 0 Å². The van der Waals surface area contributed by atoms with Gasteiger partial charge < -0.3 is 15.4 Å². The van der Waals surface area contributed by atoms with E-state index in [0.29, 0.717) is 23.7 Å². The lowest BCUT2D eigenvalue weighted by Gasteiger charge is -2.33. The van der Waals surface area contributed by atoms with E-state index >= 15 is 0 Å². The van der Waals surface area contributed by atoms with Gasteiger partial charge in [0.15, 0.2) is 6.10 Å². The Labute approximate surface area is 197 Å². The number of carbonyl (C=O) groups excluding carboxylic acids is 2. The number of nitrogens with two attached hydrogens (primary N) is 1. The van der Waals surface area contributed by atoms with E-state index in [1.165, 1.54) is 33.5 Å². The van der Waals surface area contributed by atoms with Gasteiger partial charge in [-0.1, -0.05) is 30.3 Å². The Morgan fingerprint density at radius 3 is 2.32 bits per heavy atom. The van der Waals surface area contributed by atoms with Gasteiger partial charge >= 0.3 is 0 Å². The number of primary amides is 1. The van der Waals surface area contributed by atoms with Crippen LogP contribution in [-0.2, 0) is 21.2 Å². The zero-order valence-electron chi connectivity index (χ0n) is 18.3. The van der Waals surface area contributed by atoms with E-state index in [-0.39, 0.29) is 22.9 Å². The summed E-state index contributed by atoms with van der Waals surface area (Å²) >= 11 is 0. The van der Waals surface area contributed by atoms with Gasteiger partial charge in [-0.3, -0.25) is 13.9 Å². The van der Waals surface area contributed by atoms with Gasteiger partial charge in [0.1, 0.15) is 5.75 Å². The number of ether oxygens (including phenoxy) is 1. The maximum Gasteiger partial charge on any atom is 0.264 e. The third-order valence-electron chi connectivity index (χ3n) is 6.09. The van der Waals surface area contributed by atoms with Crippen molar-refractivity contribution in [2.24, 2.45) is 5.73 Å². The van der Waals surface area contributed by atoms with Gasteiger partial charge in [0.05, 0.1) is 22.8 Å². The monoisotopic (exact) mass is 477 g/mol. The number of hydrogen-bond acceptors (Lipinski definition) is 5. The topological polar surface area (TPSA) is 110 Å². The van der Waals surface area contributed by atoms with Crippen LogP contribution in [0.25, 0.3) is 0 Å². The summed E-state index contributed by atoms with van der Waals surface area (Å²) < 4.78 is 33.8. The van der Waals surface area contributed by atoms with Crippen LogP contribution in [0.3, 0.4) is 0 Å². The van der Waals surface area contributed by atoms with Crippen molar-refractivity contribution in [2.75, 3.05) is 22.3 Å². The normalized spacial score (nSPS) is 17.4. The highest BCUT2D eigenvalue weighted by Gasteiger charge is 2.34. The molecule has 2 amide bonds. The minimum Gasteiger partial charge on any atom is -0.477 e. The number of nitrogens with zero attached hydrogens (tertiary/aromatic N) is 2. The van der Waals surface area contributed by atoms with Crippen LogP contribution in [-0.4, -0.2) is 39.4 Å². The number of fused-ring (bicyclic) bond motifs is 2. The van der Waals surface area contributed by atoms with Gasteiger partial charge in [0, 0.05) is 12.1 Å². The largest absolute Gasteiger partial charge is 0.477 e. The van der Waals surface area contributed by atoms with E-state index in [2.05, 4.69) is 0 Å². The molecular weight excluding hydrogens is 454 g/mol. The summed E-state index contributed by atoms with van der Waals surface area (Å²) in [6.45, 7) is 0.370. The molecular formula is C25H23N3O5S. The summed E-state index contributed by atoms with van der Waals surface area (Å²) in [5.74, 6) is -0.668. The molecule has 5 rings (SSSR count). The van der Waals surface area contributed by atoms with E-state index in [1.807, 2.05) is 24.3 Å². The fraction of sp³-hybridized carbons (Fsp3) is 0.200. The van der Waals surface area contributed by atoms with Gasteiger partial charge in [-0.2, -0.15) is 0 Å². The Morgan fingerprint density at radius 1 is 0.912 bits per heavy atom.